The zero-order valence-electron chi connectivity index (χ0n) is 11.2. The highest BCUT2D eigenvalue weighted by Crippen LogP contribution is 2.21. The number of nitrogens with one attached hydrogen (secondary N) is 1. The minimum atomic E-state index is 0.397. The van der Waals surface area contributed by atoms with Gasteiger partial charge in [0.25, 0.3) is 0 Å². The number of aromatic nitrogens is 1. The lowest BCUT2D eigenvalue weighted by molar-refractivity contribution is 0.465. The molecule has 2 rings (SSSR count). The summed E-state index contributed by atoms with van der Waals surface area (Å²) in [6, 6.07) is 5.29. The molecule has 0 bridgehead atoms. The molecule has 1 N–H and O–H groups in total. The van der Waals surface area contributed by atoms with Gasteiger partial charge in [-0.05, 0) is 31.0 Å². The van der Waals surface area contributed by atoms with Crippen LogP contribution in [0.15, 0.2) is 18.3 Å². The summed E-state index contributed by atoms with van der Waals surface area (Å²) < 4.78 is 0. The van der Waals surface area contributed by atoms with E-state index in [1.54, 1.807) is 0 Å². The fraction of sp³-hybridized carbons (Fsp3) is 0.643. The maximum absolute atomic E-state index is 4.52. The Balaban J connectivity index is 1.99. The van der Waals surface area contributed by atoms with Gasteiger partial charge in [0, 0.05) is 41.3 Å². The zero-order chi connectivity index (χ0) is 12.8. The Morgan fingerprint density at radius 3 is 2.72 bits per heavy atom. The average Bonchev–Trinajstić information content (AvgIpc) is 2.64. The van der Waals surface area contributed by atoms with Crippen LogP contribution in [0.1, 0.15) is 30.6 Å². The van der Waals surface area contributed by atoms with Crippen LogP contribution in [-0.4, -0.2) is 34.0 Å². The number of aryl methyl sites for hydroxylation is 1. The number of hydrogen-bond donors (Lipinski definition) is 1. The third-order valence-electron chi connectivity index (χ3n) is 3.15. The van der Waals surface area contributed by atoms with Crippen molar-refractivity contribution in [2.24, 2.45) is 0 Å². The molecule has 2 nitrogen and oxygen atoms in total. The van der Waals surface area contributed by atoms with Crippen molar-refractivity contribution in [3.8, 4) is 0 Å². The smallest absolute Gasteiger partial charge is 0.0575 e. The van der Waals surface area contributed by atoms with Gasteiger partial charge in [0.05, 0.1) is 5.69 Å². The van der Waals surface area contributed by atoms with Gasteiger partial charge in [-0.2, -0.15) is 23.5 Å². The van der Waals surface area contributed by atoms with Crippen molar-refractivity contribution >= 4 is 23.5 Å². The van der Waals surface area contributed by atoms with E-state index in [1.165, 1.54) is 34.3 Å². The first-order chi connectivity index (χ1) is 8.79. The first-order valence-corrected chi connectivity index (χ1v) is 8.94. The number of rotatable bonds is 4. The summed E-state index contributed by atoms with van der Waals surface area (Å²) in [5, 5.41) is 3.78. The molecule has 1 aliphatic rings. The molecule has 0 aliphatic carbocycles. The highest BCUT2D eigenvalue weighted by atomic mass is 32.2. The maximum atomic E-state index is 4.52. The Morgan fingerprint density at radius 2 is 2.11 bits per heavy atom. The summed E-state index contributed by atoms with van der Waals surface area (Å²) in [6.45, 7) is 4.37. The summed E-state index contributed by atoms with van der Waals surface area (Å²) in [5.41, 5.74) is 2.49. The summed E-state index contributed by atoms with van der Waals surface area (Å²) in [4.78, 5) is 4.52. The molecule has 0 aromatic carbocycles. The third kappa shape index (κ3) is 4.18. The first-order valence-electron chi connectivity index (χ1n) is 6.63. The van der Waals surface area contributed by atoms with Gasteiger partial charge < -0.3 is 5.32 Å². The first kappa shape index (κ1) is 14.2. The minimum Gasteiger partial charge on any atom is -0.304 e. The fourth-order valence-corrected chi connectivity index (χ4v) is 4.58. The van der Waals surface area contributed by atoms with E-state index in [1.807, 2.05) is 6.20 Å². The predicted octanol–water partition coefficient (Wildman–Crippen LogP) is 3.28. The summed E-state index contributed by atoms with van der Waals surface area (Å²) in [7, 11) is 0. The van der Waals surface area contributed by atoms with Gasteiger partial charge in [-0.25, -0.2) is 0 Å². The lowest BCUT2D eigenvalue weighted by Crippen LogP contribution is -2.36. The lowest BCUT2D eigenvalue weighted by atomic mass is 10.1. The van der Waals surface area contributed by atoms with Crippen LogP contribution in [0.3, 0.4) is 0 Å². The molecule has 1 aromatic heterocycles. The van der Waals surface area contributed by atoms with Gasteiger partial charge in [0.2, 0.25) is 0 Å². The van der Waals surface area contributed by atoms with Gasteiger partial charge >= 0.3 is 0 Å². The van der Waals surface area contributed by atoms with E-state index in [0.29, 0.717) is 12.1 Å². The summed E-state index contributed by atoms with van der Waals surface area (Å²) in [5.74, 6) is 5.05. The van der Waals surface area contributed by atoms with Crippen LogP contribution in [0.2, 0.25) is 0 Å². The molecule has 0 spiro atoms. The lowest BCUT2D eigenvalue weighted by Gasteiger charge is -2.23. The minimum absolute atomic E-state index is 0.397. The second-order valence-corrected chi connectivity index (χ2v) is 7.03. The molecule has 1 aliphatic heterocycles. The van der Waals surface area contributed by atoms with Crippen LogP contribution in [0, 0.1) is 6.92 Å². The highest BCUT2D eigenvalue weighted by Gasteiger charge is 2.18. The molecule has 4 heteroatoms. The Labute approximate surface area is 119 Å². The molecule has 0 amide bonds. The van der Waals surface area contributed by atoms with E-state index in [9.17, 15) is 0 Å². The molecule has 2 heterocycles. The summed E-state index contributed by atoms with van der Waals surface area (Å²) >= 11 is 4.14. The Hall–Kier alpha value is -0.190. The molecule has 0 unspecified atom stereocenters. The number of nitrogens with zero attached hydrogens (tertiary/aromatic N) is 1. The Morgan fingerprint density at radius 1 is 1.39 bits per heavy atom. The SMILES string of the molecule is CC[C@H](NC1CSCCSC1)c1cc(C)ccn1. The van der Waals surface area contributed by atoms with Gasteiger partial charge in [-0.15, -0.1) is 0 Å². The standard InChI is InChI=1S/C14H22N2S2/c1-3-13(14-8-11(2)4-5-15-14)16-12-9-17-6-7-18-10-12/h4-5,8,12-13,16H,3,6-7,9-10H2,1-2H3/t13-/m0/s1. The molecular weight excluding hydrogens is 260 g/mol. The van der Waals surface area contributed by atoms with Crippen molar-refractivity contribution in [1.29, 1.82) is 0 Å². The van der Waals surface area contributed by atoms with Crippen molar-refractivity contribution in [3.63, 3.8) is 0 Å². The van der Waals surface area contributed by atoms with Gasteiger partial charge in [-0.1, -0.05) is 6.92 Å². The van der Waals surface area contributed by atoms with Crippen LogP contribution in [0.5, 0.6) is 0 Å². The van der Waals surface area contributed by atoms with Gasteiger partial charge in [0.15, 0.2) is 0 Å². The normalized spacial score (nSPS) is 19.4. The molecule has 1 aromatic rings. The van der Waals surface area contributed by atoms with Gasteiger partial charge in [0.1, 0.15) is 0 Å². The number of thioether (sulfide) groups is 2. The van der Waals surface area contributed by atoms with E-state index in [2.05, 4.69) is 59.8 Å². The molecule has 0 saturated carbocycles. The third-order valence-corrected chi connectivity index (χ3v) is 5.67. The van der Waals surface area contributed by atoms with Crippen LogP contribution in [0.4, 0.5) is 0 Å². The van der Waals surface area contributed by atoms with E-state index in [-0.39, 0.29) is 0 Å². The highest BCUT2D eigenvalue weighted by molar-refractivity contribution is 8.03. The van der Waals surface area contributed by atoms with E-state index in [4.69, 9.17) is 0 Å². The zero-order valence-corrected chi connectivity index (χ0v) is 12.8. The topological polar surface area (TPSA) is 24.9 Å². The Bertz CT molecular complexity index is 363. The quantitative estimate of drug-likeness (QED) is 0.916. The van der Waals surface area contributed by atoms with Crippen molar-refractivity contribution < 1.29 is 0 Å². The molecule has 0 radical (unpaired) electrons. The van der Waals surface area contributed by atoms with Crippen molar-refractivity contribution in [2.75, 3.05) is 23.0 Å². The number of pyridine rings is 1. The molecule has 1 saturated heterocycles. The van der Waals surface area contributed by atoms with E-state index in [0.717, 1.165) is 6.42 Å². The second-order valence-electron chi connectivity index (χ2n) is 4.73. The predicted molar refractivity (Wildman–Crippen MR) is 83.6 cm³/mol. The van der Waals surface area contributed by atoms with Crippen molar-refractivity contribution in [3.05, 3.63) is 29.6 Å². The number of hydrogen-bond acceptors (Lipinski definition) is 4. The van der Waals surface area contributed by atoms with E-state index < -0.39 is 0 Å². The average molecular weight is 282 g/mol. The van der Waals surface area contributed by atoms with Crippen LogP contribution in [0.25, 0.3) is 0 Å². The van der Waals surface area contributed by atoms with Crippen molar-refractivity contribution in [1.82, 2.24) is 10.3 Å². The molecule has 100 valence electrons. The van der Waals surface area contributed by atoms with Crippen LogP contribution >= 0.6 is 23.5 Å². The Kier molecular flexibility index (Phi) is 5.86. The maximum Gasteiger partial charge on any atom is 0.0575 e. The van der Waals surface area contributed by atoms with Crippen molar-refractivity contribution in [2.45, 2.75) is 32.4 Å². The molecule has 1 atom stereocenters. The fourth-order valence-electron chi connectivity index (χ4n) is 2.16. The largest absolute Gasteiger partial charge is 0.304 e. The van der Waals surface area contributed by atoms with E-state index >= 15 is 0 Å². The summed E-state index contributed by atoms with van der Waals surface area (Å²) in [6.07, 6.45) is 3.02. The molecular formula is C14H22N2S2. The second kappa shape index (κ2) is 7.41. The van der Waals surface area contributed by atoms with Gasteiger partial charge in [-0.3, -0.25) is 4.98 Å². The molecule has 1 fully saturated rings. The monoisotopic (exact) mass is 282 g/mol. The van der Waals surface area contributed by atoms with Crippen LogP contribution < -0.4 is 5.32 Å². The van der Waals surface area contributed by atoms with Crippen LogP contribution in [-0.2, 0) is 0 Å². The molecule has 18 heavy (non-hydrogen) atoms.